The Kier molecular flexibility index (Phi) is 8.97. The lowest BCUT2D eigenvalue weighted by Gasteiger charge is -2.11. The maximum absolute atomic E-state index is 12.7. The molecule has 0 radical (unpaired) electrons. The van der Waals surface area contributed by atoms with E-state index in [9.17, 15) is 19.6 Å². The molecule has 0 fully saturated rings. The van der Waals surface area contributed by atoms with Crippen molar-refractivity contribution in [3.8, 4) is 11.8 Å². The van der Waals surface area contributed by atoms with Crippen LogP contribution in [0, 0.1) is 11.3 Å². The van der Waals surface area contributed by atoms with Gasteiger partial charge >= 0.3 is 11.9 Å². The van der Waals surface area contributed by atoms with E-state index in [4.69, 9.17) is 14.6 Å². The summed E-state index contributed by atoms with van der Waals surface area (Å²) in [4.78, 5) is 35.5. The molecule has 0 bridgehead atoms. The number of nitrogens with zero attached hydrogens (tertiary/aromatic N) is 1. The van der Waals surface area contributed by atoms with Crippen LogP contribution in [0.4, 0.5) is 5.69 Å². The molecule has 3 aromatic carbocycles. The van der Waals surface area contributed by atoms with Gasteiger partial charge in [0, 0.05) is 15.7 Å². The maximum Gasteiger partial charge on any atom is 0.338 e. The second-order valence-electron chi connectivity index (χ2n) is 7.39. The summed E-state index contributed by atoms with van der Waals surface area (Å²) in [6.07, 6.45) is 1.41. The summed E-state index contributed by atoms with van der Waals surface area (Å²) in [6, 6.07) is 19.5. The van der Waals surface area contributed by atoms with E-state index >= 15 is 0 Å². The van der Waals surface area contributed by atoms with Gasteiger partial charge in [0.25, 0.3) is 5.91 Å². The summed E-state index contributed by atoms with van der Waals surface area (Å²) in [5.74, 6) is -1.68. The molecule has 182 valence electrons. The molecular weight excluding hydrogens is 528 g/mol. The standard InChI is InChI=1S/C27H21BrN2O6/c1-2-35-27(34)19-7-10-23(11-8-19)30-25(31)21(15-29)13-20-14-22(28)9-12-24(20)36-16-17-3-5-18(6-4-17)26(32)33/h3-14H,2,16H2,1H3,(H,30,31)(H,32,33)/b21-13+. The molecule has 0 aromatic heterocycles. The molecule has 2 N–H and O–H groups in total. The molecule has 0 unspecified atom stereocenters. The number of carboxylic acids is 1. The highest BCUT2D eigenvalue weighted by Gasteiger charge is 2.13. The number of carboxylic acid groups (broad SMARTS) is 1. The van der Waals surface area contributed by atoms with E-state index in [2.05, 4.69) is 21.2 Å². The Morgan fingerprint density at radius 3 is 2.31 bits per heavy atom. The number of hydrogen-bond donors (Lipinski definition) is 2. The van der Waals surface area contributed by atoms with Gasteiger partial charge < -0.3 is 19.9 Å². The summed E-state index contributed by atoms with van der Waals surface area (Å²) in [5, 5.41) is 21.3. The first kappa shape index (κ1) is 26.2. The Bertz CT molecular complexity index is 1340. The van der Waals surface area contributed by atoms with Crippen LogP contribution in [0.5, 0.6) is 5.75 Å². The number of hydrogen-bond acceptors (Lipinski definition) is 6. The summed E-state index contributed by atoms with van der Waals surface area (Å²) in [5.41, 5.74) is 2.02. The molecule has 0 heterocycles. The SMILES string of the molecule is CCOC(=O)c1ccc(NC(=O)/C(C#N)=C/c2cc(Br)ccc2OCc2ccc(C(=O)O)cc2)cc1. The average molecular weight is 549 g/mol. The topological polar surface area (TPSA) is 126 Å². The largest absolute Gasteiger partial charge is 0.488 e. The molecule has 1 amide bonds. The van der Waals surface area contributed by atoms with Crippen LogP contribution in [0.2, 0.25) is 0 Å². The Balaban J connectivity index is 1.76. The third kappa shape index (κ3) is 7.04. The zero-order valence-electron chi connectivity index (χ0n) is 19.2. The molecule has 0 saturated heterocycles. The van der Waals surface area contributed by atoms with E-state index in [1.165, 1.54) is 30.3 Å². The maximum atomic E-state index is 12.7. The third-order valence-corrected chi connectivity index (χ3v) is 5.38. The predicted octanol–water partition coefficient (Wildman–Crippen LogP) is 5.45. The molecule has 3 rings (SSSR count). The van der Waals surface area contributed by atoms with Crippen LogP contribution in [-0.2, 0) is 16.1 Å². The number of carbonyl (C=O) groups excluding carboxylic acids is 2. The van der Waals surface area contributed by atoms with Crippen molar-refractivity contribution in [2.45, 2.75) is 13.5 Å². The smallest absolute Gasteiger partial charge is 0.338 e. The molecule has 9 heteroatoms. The fourth-order valence-corrected chi connectivity index (χ4v) is 3.45. The van der Waals surface area contributed by atoms with Gasteiger partial charge in [0.05, 0.1) is 17.7 Å². The zero-order chi connectivity index (χ0) is 26.1. The van der Waals surface area contributed by atoms with Crippen molar-refractivity contribution in [3.63, 3.8) is 0 Å². The van der Waals surface area contributed by atoms with Crippen molar-refractivity contribution in [1.29, 1.82) is 5.26 Å². The number of halogens is 1. The minimum absolute atomic E-state index is 0.154. The summed E-state index contributed by atoms with van der Waals surface area (Å²) in [6.45, 7) is 2.12. The lowest BCUT2D eigenvalue weighted by atomic mass is 10.1. The van der Waals surface area contributed by atoms with Gasteiger partial charge in [-0.15, -0.1) is 0 Å². The Morgan fingerprint density at radius 2 is 1.69 bits per heavy atom. The summed E-state index contributed by atoms with van der Waals surface area (Å²) >= 11 is 3.38. The first-order valence-corrected chi connectivity index (χ1v) is 11.5. The lowest BCUT2D eigenvalue weighted by molar-refractivity contribution is -0.112. The van der Waals surface area contributed by atoms with Gasteiger partial charge in [0.1, 0.15) is 24.0 Å². The summed E-state index contributed by atoms with van der Waals surface area (Å²) in [7, 11) is 0. The molecule has 0 aliphatic carbocycles. The molecule has 8 nitrogen and oxygen atoms in total. The van der Waals surface area contributed by atoms with Crippen molar-refractivity contribution >= 4 is 45.5 Å². The molecule has 3 aromatic rings. The molecule has 0 atom stereocenters. The van der Waals surface area contributed by atoms with Crippen molar-refractivity contribution in [1.82, 2.24) is 0 Å². The number of anilines is 1. The van der Waals surface area contributed by atoms with Crippen molar-refractivity contribution in [3.05, 3.63) is 99.0 Å². The van der Waals surface area contributed by atoms with Gasteiger partial charge in [-0.2, -0.15) is 5.26 Å². The molecule has 36 heavy (non-hydrogen) atoms. The number of ether oxygens (including phenoxy) is 2. The number of nitriles is 1. The van der Waals surface area contributed by atoms with E-state index in [0.29, 0.717) is 22.6 Å². The van der Waals surface area contributed by atoms with Gasteiger partial charge in [0.2, 0.25) is 0 Å². The van der Waals surface area contributed by atoms with Gasteiger partial charge in [0.15, 0.2) is 0 Å². The van der Waals surface area contributed by atoms with Crippen molar-refractivity contribution < 1.29 is 29.0 Å². The van der Waals surface area contributed by atoms with Crippen molar-refractivity contribution in [2.24, 2.45) is 0 Å². The van der Waals surface area contributed by atoms with Crippen LogP contribution in [-0.4, -0.2) is 29.6 Å². The molecular formula is C27H21BrN2O6. The Morgan fingerprint density at radius 1 is 1.03 bits per heavy atom. The van der Waals surface area contributed by atoms with E-state index < -0.39 is 17.8 Å². The quantitative estimate of drug-likeness (QED) is 0.207. The molecule has 0 aliphatic rings. The van der Waals surface area contributed by atoms with Gasteiger partial charge in [-0.1, -0.05) is 28.1 Å². The minimum Gasteiger partial charge on any atom is -0.488 e. The van der Waals surface area contributed by atoms with Crippen LogP contribution in [0.3, 0.4) is 0 Å². The molecule has 0 spiro atoms. The van der Waals surface area contributed by atoms with Gasteiger partial charge in [-0.25, -0.2) is 9.59 Å². The fraction of sp³-hybridized carbons (Fsp3) is 0.111. The van der Waals surface area contributed by atoms with E-state index in [1.54, 1.807) is 49.4 Å². The first-order valence-electron chi connectivity index (χ1n) is 10.8. The number of amides is 1. The normalized spacial score (nSPS) is 10.8. The van der Waals surface area contributed by atoms with Crippen LogP contribution in [0.1, 0.15) is 38.8 Å². The Hall–Kier alpha value is -4.42. The zero-order valence-corrected chi connectivity index (χ0v) is 20.7. The average Bonchev–Trinajstić information content (AvgIpc) is 2.87. The van der Waals surface area contributed by atoms with Gasteiger partial charge in [-0.3, -0.25) is 4.79 Å². The highest BCUT2D eigenvalue weighted by Crippen LogP contribution is 2.27. The first-order chi connectivity index (χ1) is 17.3. The number of nitrogens with one attached hydrogen (secondary N) is 1. The van der Waals surface area contributed by atoms with Crippen LogP contribution in [0.15, 0.2) is 76.8 Å². The van der Waals surface area contributed by atoms with Crippen molar-refractivity contribution in [2.75, 3.05) is 11.9 Å². The van der Waals surface area contributed by atoms with Crippen LogP contribution >= 0.6 is 15.9 Å². The monoisotopic (exact) mass is 548 g/mol. The van der Waals surface area contributed by atoms with Gasteiger partial charge in [-0.05, 0) is 73.2 Å². The lowest BCUT2D eigenvalue weighted by Crippen LogP contribution is -2.14. The Labute approximate surface area is 215 Å². The summed E-state index contributed by atoms with van der Waals surface area (Å²) < 4.78 is 11.5. The number of benzene rings is 3. The van der Waals surface area contributed by atoms with E-state index in [0.717, 1.165) is 10.0 Å². The number of esters is 1. The fourth-order valence-electron chi connectivity index (χ4n) is 3.07. The second kappa shape index (κ2) is 12.3. The predicted molar refractivity (Wildman–Crippen MR) is 136 cm³/mol. The van der Waals surface area contributed by atoms with E-state index in [-0.39, 0.29) is 24.4 Å². The number of rotatable bonds is 9. The van der Waals surface area contributed by atoms with Crippen LogP contribution < -0.4 is 10.1 Å². The minimum atomic E-state index is -1.01. The van der Waals surface area contributed by atoms with Crippen LogP contribution in [0.25, 0.3) is 6.08 Å². The number of aromatic carboxylic acids is 1. The molecule has 0 aliphatic heterocycles. The highest BCUT2D eigenvalue weighted by molar-refractivity contribution is 9.10. The number of carbonyl (C=O) groups is 3. The van der Waals surface area contributed by atoms with E-state index in [1.807, 2.05) is 6.07 Å². The third-order valence-electron chi connectivity index (χ3n) is 4.89. The molecule has 0 saturated carbocycles. The second-order valence-corrected chi connectivity index (χ2v) is 8.31. The highest BCUT2D eigenvalue weighted by atomic mass is 79.9.